The second kappa shape index (κ2) is 11.3. The predicted molar refractivity (Wildman–Crippen MR) is 131 cm³/mol. The predicted octanol–water partition coefficient (Wildman–Crippen LogP) is 4.66. The van der Waals surface area contributed by atoms with E-state index in [1.165, 1.54) is 0 Å². The van der Waals surface area contributed by atoms with Crippen molar-refractivity contribution in [2.45, 2.75) is 32.4 Å². The molecule has 2 heterocycles. The van der Waals surface area contributed by atoms with E-state index in [0.717, 1.165) is 24.0 Å². The van der Waals surface area contributed by atoms with Gasteiger partial charge in [0.2, 0.25) is 5.95 Å². The molecule has 0 unspecified atom stereocenters. The summed E-state index contributed by atoms with van der Waals surface area (Å²) in [6.07, 6.45) is 6.51. The molecule has 35 heavy (non-hydrogen) atoms. The SMILES string of the molecule is COc1ccc(Cl)cc1Nc1ncc(-c2ccc(C#N)c(O[C@@H](C)CCCn3cnnn3)c2)cn1. The van der Waals surface area contributed by atoms with E-state index >= 15 is 0 Å². The second-order valence-electron chi connectivity index (χ2n) is 7.73. The van der Waals surface area contributed by atoms with Crippen LogP contribution in [0.1, 0.15) is 25.3 Å². The highest BCUT2D eigenvalue weighted by molar-refractivity contribution is 6.31. The lowest BCUT2D eigenvalue weighted by molar-refractivity contribution is 0.204. The lowest BCUT2D eigenvalue weighted by atomic mass is 10.1. The van der Waals surface area contributed by atoms with Crippen LogP contribution in [0, 0.1) is 11.3 Å². The van der Waals surface area contributed by atoms with Crippen molar-refractivity contribution in [3.05, 3.63) is 65.7 Å². The van der Waals surface area contributed by atoms with Crippen LogP contribution in [0.15, 0.2) is 55.1 Å². The molecule has 0 aliphatic carbocycles. The summed E-state index contributed by atoms with van der Waals surface area (Å²) in [5, 5.41) is 24.3. The first kappa shape index (κ1) is 23.9. The van der Waals surface area contributed by atoms with Gasteiger partial charge in [-0.25, -0.2) is 14.6 Å². The Hall–Kier alpha value is -4.23. The van der Waals surface area contributed by atoms with Crippen LogP contribution >= 0.6 is 11.6 Å². The third-order valence-electron chi connectivity index (χ3n) is 5.21. The minimum Gasteiger partial charge on any atom is -0.495 e. The third kappa shape index (κ3) is 6.22. The molecule has 4 aromatic rings. The number of hydrogen-bond donors (Lipinski definition) is 1. The van der Waals surface area contributed by atoms with E-state index in [2.05, 4.69) is 36.9 Å². The molecule has 10 nitrogen and oxygen atoms in total. The normalized spacial score (nSPS) is 11.5. The highest BCUT2D eigenvalue weighted by atomic mass is 35.5. The third-order valence-corrected chi connectivity index (χ3v) is 5.45. The van der Waals surface area contributed by atoms with Crippen LogP contribution in [0.25, 0.3) is 11.1 Å². The smallest absolute Gasteiger partial charge is 0.227 e. The summed E-state index contributed by atoms with van der Waals surface area (Å²) in [6, 6.07) is 12.9. The molecule has 2 aromatic heterocycles. The Morgan fingerprint density at radius 3 is 2.66 bits per heavy atom. The van der Waals surface area contributed by atoms with Crippen LogP contribution in [-0.2, 0) is 6.54 Å². The van der Waals surface area contributed by atoms with Gasteiger partial charge in [-0.1, -0.05) is 17.7 Å². The molecule has 2 aromatic carbocycles. The molecule has 0 radical (unpaired) electrons. The van der Waals surface area contributed by atoms with Crippen molar-refractivity contribution in [3.8, 4) is 28.7 Å². The maximum Gasteiger partial charge on any atom is 0.227 e. The van der Waals surface area contributed by atoms with Crippen molar-refractivity contribution in [3.63, 3.8) is 0 Å². The number of aryl methyl sites for hydroxylation is 1. The van der Waals surface area contributed by atoms with Gasteiger partial charge in [-0.05, 0) is 66.1 Å². The lowest BCUT2D eigenvalue weighted by Gasteiger charge is -2.16. The monoisotopic (exact) mass is 490 g/mol. The summed E-state index contributed by atoms with van der Waals surface area (Å²) in [5.41, 5.74) is 2.75. The van der Waals surface area contributed by atoms with E-state index in [4.69, 9.17) is 21.1 Å². The quantitative estimate of drug-likeness (QED) is 0.338. The van der Waals surface area contributed by atoms with Gasteiger partial charge in [-0.3, -0.25) is 0 Å². The lowest BCUT2D eigenvalue weighted by Crippen LogP contribution is -2.14. The molecule has 178 valence electrons. The molecule has 0 saturated carbocycles. The van der Waals surface area contributed by atoms with Gasteiger partial charge in [0.15, 0.2) is 0 Å². The van der Waals surface area contributed by atoms with Gasteiger partial charge in [-0.15, -0.1) is 5.10 Å². The number of aromatic nitrogens is 6. The number of rotatable bonds is 10. The molecule has 1 atom stereocenters. The van der Waals surface area contributed by atoms with E-state index in [9.17, 15) is 5.26 Å². The number of nitrogens with one attached hydrogen (secondary N) is 1. The fraction of sp³-hybridized carbons (Fsp3) is 0.250. The van der Waals surface area contributed by atoms with Crippen molar-refractivity contribution in [1.29, 1.82) is 5.26 Å². The highest BCUT2D eigenvalue weighted by Crippen LogP contribution is 2.31. The summed E-state index contributed by atoms with van der Waals surface area (Å²) in [4.78, 5) is 8.82. The Balaban J connectivity index is 1.44. The van der Waals surface area contributed by atoms with Crippen molar-refractivity contribution < 1.29 is 9.47 Å². The molecule has 0 aliphatic rings. The Morgan fingerprint density at radius 2 is 1.94 bits per heavy atom. The summed E-state index contributed by atoms with van der Waals surface area (Å²) < 4.78 is 13.1. The Labute approximate surface area is 207 Å². The van der Waals surface area contributed by atoms with Crippen molar-refractivity contribution >= 4 is 23.2 Å². The maximum atomic E-state index is 9.52. The van der Waals surface area contributed by atoms with Crippen LogP contribution in [0.5, 0.6) is 11.5 Å². The molecule has 0 amide bonds. The van der Waals surface area contributed by atoms with E-state index in [1.54, 1.807) is 54.8 Å². The summed E-state index contributed by atoms with van der Waals surface area (Å²) >= 11 is 6.09. The molecule has 0 bridgehead atoms. The van der Waals surface area contributed by atoms with E-state index < -0.39 is 0 Å². The van der Waals surface area contributed by atoms with E-state index in [1.807, 2.05) is 19.1 Å². The maximum absolute atomic E-state index is 9.52. The minimum atomic E-state index is -0.0932. The number of ether oxygens (including phenoxy) is 2. The zero-order chi connectivity index (χ0) is 24.6. The average molecular weight is 491 g/mol. The molecule has 0 fully saturated rings. The van der Waals surface area contributed by atoms with Gasteiger partial charge in [0.25, 0.3) is 0 Å². The number of halogens is 1. The van der Waals surface area contributed by atoms with Gasteiger partial charge in [0.05, 0.1) is 24.5 Å². The number of nitrogens with zero attached hydrogens (tertiary/aromatic N) is 7. The molecular weight excluding hydrogens is 468 g/mol. The van der Waals surface area contributed by atoms with Crippen LogP contribution in [-0.4, -0.2) is 43.4 Å². The number of nitriles is 1. The second-order valence-corrected chi connectivity index (χ2v) is 8.17. The van der Waals surface area contributed by atoms with Crippen molar-refractivity contribution in [2.24, 2.45) is 0 Å². The zero-order valence-electron chi connectivity index (χ0n) is 19.2. The van der Waals surface area contributed by atoms with Crippen LogP contribution in [0.3, 0.4) is 0 Å². The Morgan fingerprint density at radius 1 is 1.11 bits per heavy atom. The Bertz CT molecular complexity index is 1310. The number of hydrogen-bond acceptors (Lipinski definition) is 9. The first-order valence-electron chi connectivity index (χ1n) is 10.9. The molecule has 1 N–H and O–H groups in total. The first-order chi connectivity index (χ1) is 17.1. The fourth-order valence-corrected chi connectivity index (χ4v) is 3.60. The number of benzene rings is 2. The average Bonchev–Trinajstić information content (AvgIpc) is 3.38. The van der Waals surface area contributed by atoms with Crippen LogP contribution in [0.2, 0.25) is 5.02 Å². The number of tetrazole rings is 1. The molecule has 0 aliphatic heterocycles. The fourth-order valence-electron chi connectivity index (χ4n) is 3.43. The minimum absolute atomic E-state index is 0.0932. The van der Waals surface area contributed by atoms with Gasteiger partial charge >= 0.3 is 0 Å². The largest absolute Gasteiger partial charge is 0.495 e. The molecule has 4 rings (SSSR count). The van der Waals surface area contributed by atoms with Gasteiger partial charge in [0, 0.05) is 29.5 Å². The van der Waals surface area contributed by atoms with Crippen molar-refractivity contribution in [1.82, 2.24) is 30.2 Å². The van der Waals surface area contributed by atoms with Gasteiger partial charge < -0.3 is 14.8 Å². The summed E-state index contributed by atoms with van der Waals surface area (Å²) in [7, 11) is 1.58. The standard InChI is InChI=1S/C24H23ClN8O2/c1-16(4-3-9-33-15-29-31-32-33)35-23-10-17(5-6-18(23)12-26)19-13-27-24(28-14-19)30-21-11-20(25)7-8-22(21)34-2/h5-8,10-11,13-16H,3-4,9H2,1-2H3,(H,27,28,30)/t16-/m0/s1. The molecular formula is C24H23ClN8O2. The summed E-state index contributed by atoms with van der Waals surface area (Å²) in [6.45, 7) is 2.67. The van der Waals surface area contributed by atoms with Gasteiger partial charge in [-0.2, -0.15) is 5.26 Å². The highest BCUT2D eigenvalue weighted by Gasteiger charge is 2.12. The zero-order valence-corrected chi connectivity index (χ0v) is 20.0. The first-order valence-corrected chi connectivity index (χ1v) is 11.3. The summed E-state index contributed by atoms with van der Waals surface area (Å²) in [5.74, 6) is 1.55. The molecule has 0 saturated heterocycles. The van der Waals surface area contributed by atoms with Crippen molar-refractivity contribution in [2.75, 3.05) is 12.4 Å². The number of methoxy groups -OCH3 is 1. The molecule has 0 spiro atoms. The molecule has 11 heteroatoms. The number of anilines is 2. The van der Waals surface area contributed by atoms with Crippen LogP contribution < -0.4 is 14.8 Å². The van der Waals surface area contributed by atoms with E-state index in [-0.39, 0.29) is 6.10 Å². The van der Waals surface area contributed by atoms with Crippen LogP contribution in [0.4, 0.5) is 11.6 Å². The topological polar surface area (TPSA) is 124 Å². The van der Waals surface area contributed by atoms with E-state index in [0.29, 0.717) is 40.3 Å². The van der Waals surface area contributed by atoms with Gasteiger partial charge in [0.1, 0.15) is 23.9 Å². The Kier molecular flexibility index (Phi) is 7.70.